The molecule has 1 saturated heterocycles. The molecule has 4 N–H and O–H groups in total. The summed E-state index contributed by atoms with van der Waals surface area (Å²) in [5.74, 6) is -0.389. The lowest BCUT2D eigenvalue weighted by Crippen LogP contribution is -2.40. The average molecular weight is 604 g/mol. The van der Waals surface area contributed by atoms with Gasteiger partial charge in [0.2, 0.25) is 11.8 Å². The maximum atomic E-state index is 14.0. The van der Waals surface area contributed by atoms with Crippen LogP contribution in [-0.2, 0) is 23.4 Å². The van der Waals surface area contributed by atoms with Crippen LogP contribution in [0.3, 0.4) is 0 Å². The fourth-order valence-corrected chi connectivity index (χ4v) is 6.03. The molecule has 226 valence electrons. The number of aromatic nitrogens is 4. The summed E-state index contributed by atoms with van der Waals surface area (Å²) in [5.41, 5.74) is 4.80. The van der Waals surface area contributed by atoms with E-state index in [0.717, 1.165) is 0 Å². The summed E-state index contributed by atoms with van der Waals surface area (Å²) >= 11 is 0. The Morgan fingerprint density at radius 2 is 2.05 bits per heavy atom. The normalized spacial score (nSPS) is 24.2. The highest BCUT2D eigenvalue weighted by atomic mass is 31.2. The molecular formula is C26H34N7O8P. The number of para-hydroxylation sites is 1. The number of nitriles is 1. The summed E-state index contributed by atoms with van der Waals surface area (Å²) in [5, 5.41) is 24.0. The third kappa shape index (κ3) is 6.33. The van der Waals surface area contributed by atoms with Gasteiger partial charge in [0.15, 0.2) is 17.4 Å². The second kappa shape index (κ2) is 12.6. The maximum absolute atomic E-state index is 14.0. The zero-order valence-electron chi connectivity index (χ0n) is 23.8. The fraction of sp³-hybridized carbons (Fsp3) is 0.500. The van der Waals surface area contributed by atoms with E-state index in [1.54, 1.807) is 51.1 Å². The minimum Gasteiger partial charge on any atom is -0.479 e. The lowest BCUT2D eigenvalue weighted by molar-refractivity contribution is -0.149. The lowest BCUT2D eigenvalue weighted by Gasteiger charge is -2.26. The van der Waals surface area contributed by atoms with Crippen molar-refractivity contribution in [1.29, 1.82) is 5.26 Å². The summed E-state index contributed by atoms with van der Waals surface area (Å²) in [6.45, 7) is 6.13. The number of hydrogen-bond acceptors (Lipinski definition) is 13. The number of rotatable bonds is 12. The molecule has 15 nitrogen and oxygen atoms in total. The molecular weight excluding hydrogens is 569 g/mol. The second-order valence-electron chi connectivity index (χ2n) is 10.1. The number of nitrogens with zero attached hydrogens (tertiary/aromatic N) is 5. The van der Waals surface area contributed by atoms with E-state index >= 15 is 0 Å². The van der Waals surface area contributed by atoms with Gasteiger partial charge in [-0.15, -0.1) is 0 Å². The molecule has 0 bridgehead atoms. The minimum absolute atomic E-state index is 0.0928. The van der Waals surface area contributed by atoms with Gasteiger partial charge in [0.05, 0.1) is 32.2 Å². The Balaban J connectivity index is 1.61. The Bertz CT molecular complexity index is 1500. The summed E-state index contributed by atoms with van der Waals surface area (Å²) in [6, 6.07) is 9.34. The third-order valence-electron chi connectivity index (χ3n) is 6.61. The number of anilines is 1. The molecule has 3 aromatic rings. The van der Waals surface area contributed by atoms with Crippen molar-refractivity contribution in [2.24, 2.45) is 5.41 Å². The first-order valence-corrected chi connectivity index (χ1v) is 14.7. The number of methoxy groups -OCH3 is 1. The van der Waals surface area contributed by atoms with Crippen LogP contribution in [-0.4, -0.2) is 68.7 Å². The molecule has 1 fully saturated rings. The third-order valence-corrected chi connectivity index (χ3v) is 8.18. The SMILES string of the molecule is CCC(NP(=O)(OC[C@H]1O[C@@H](n2cnc3c(OC)nc(N)nc32)[C@](C)(C#N)[C@@H]1O)Oc1ccccc1)C(=O)OC(C)C. The lowest BCUT2D eigenvalue weighted by atomic mass is 9.84. The highest BCUT2D eigenvalue weighted by Gasteiger charge is 2.56. The maximum Gasteiger partial charge on any atom is 0.459 e. The number of carbonyl (C=O) groups excluding carboxylic acids is 1. The molecule has 4 rings (SSSR count). The highest BCUT2D eigenvalue weighted by molar-refractivity contribution is 7.52. The van der Waals surface area contributed by atoms with Crippen molar-refractivity contribution in [1.82, 2.24) is 24.6 Å². The summed E-state index contributed by atoms with van der Waals surface area (Å²) in [7, 11) is -2.87. The molecule has 0 aliphatic carbocycles. The first-order valence-electron chi connectivity index (χ1n) is 13.2. The van der Waals surface area contributed by atoms with Crippen LogP contribution < -0.4 is 20.1 Å². The average Bonchev–Trinajstić information content (AvgIpc) is 3.48. The highest BCUT2D eigenvalue weighted by Crippen LogP contribution is 2.49. The molecule has 1 aromatic carbocycles. The molecule has 3 heterocycles. The van der Waals surface area contributed by atoms with Gasteiger partial charge in [-0.1, -0.05) is 25.1 Å². The van der Waals surface area contributed by atoms with E-state index in [2.05, 4.69) is 26.1 Å². The number of ether oxygens (including phenoxy) is 3. The Labute approximate surface area is 242 Å². The van der Waals surface area contributed by atoms with Gasteiger partial charge in [0, 0.05) is 0 Å². The number of aliphatic hydroxyl groups excluding tert-OH is 1. The van der Waals surface area contributed by atoms with Crippen LogP contribution in [0.1, 0.15) is 40.3 Å². The first kappa shape index (κ1) is 31.1. The fourth-order valence-electron chi connectivity index (χ4n) is 4.44. The topological polar surface area (TPSA) is 206 Å². The predicted molar refractivity (Wildman–Crippen MR) is 149 cm³/mol. The molecule has 1 aliphatic rings. The van der Waals surface area contributed by atoms with Gasteiger partial charge in [-0.05, 0) is 39.3 Å². The van der Waals surface area contributed by atoms with Gasteiger partial charge in [0.1, 0.15) is 29.4 Å². The summed E-state index contributed by atoms with van der Waals surface area (Å²) in [4.78, 5) is 25.1. The zero-order valence-corrected chi connectivity index (χ0v) is 24.7. The molecule has 1 aliphatic heterocycles. The van der Waals surface area contributed by atoms with Crippen molar-refractivity contribution < 1.29 is 37.7 Å². The van der Waals surface area contributed by atoms with Crippen LogP contribution >= 0.6 is 7.75 Å². The van der Waals surface area contributed by atoms with Crippen LogP contribution in [0.4, 0.5) is 5.95 Å². The van der Waals surface area contributed by atoms with Gasteiger partial charge in [-0.3, -0.25) is 13.9 Å². The monoisotopic (exact) mass is 603 g/mol. The summed E-state index contributed by atoms with van der Waals surface area (Å²) in [6.07, 6.45) is -2.49. The van der Waals surface area contributed by atoms with E-state index in [1.807, 2.05) is 0 Å². The Hall–Kier alpha value is -3.80. The number of esters is 1. The number of nitrogens with two attached hydrogens (primary N) is 1. The van der Waals surface area contributed by atoms with E-state index < -0.39 is 56.3 Å². The van der Waals surface area contributed by atoms with Crippen LogP contribution in [0.25, 0.3) is 11.2 Å². The molecule has 42 heavy (non-hydrogen) atoms. The van der Waals surface area contributed by atoms with Gasteiger partial charge in [-0.2, -0.15) is 20.3 Å². The standard InChI is InChI=1S/C26H34N7O8P/c1-6-17(23(35)39-15(2)3)32-42(36,41-16-10-8-7-9-11-16)38-12-18-20(34)26(4,13-27)24(40-18)33-14-29-19-21(33)30-25(28)31-22(19)37-5/h7-11,14-15,17-18,20,24,34H,6,12H2,1-5H3,(H,32,36)(H2,28,30,31)/t17?,18-,20-,24-,26-,42?/m1/s1. The molecule has 0 saturated carbocycles. The number of fused-ring (bicyclic) bond motifs is 1. The van der Waals surface area contributed by atoms with E-state index in [0.29, 0.717) is 0 Å². The molecule has 0 radical (unpaired) electrons. The number of aliphatic hydroxyl groups is 1. The van der Waals surface area contributed by atoms with Crippen molar-refractivity contribution in [2.45, 2.75) is 64.7 Å². The van der Waals surface area contributed by atoms with E-state index in [9.17, 15) is 19.7 Å². The Morgan fingerprint density at radius 3 is 2.67 bits per heavy atom. The first-order chi connectivity index (χ1) is 19.9. The van der Waals surface area contributed by atoms with Crippen LogP contribution in [0.2, 0.25) is 0 Å². The number of hydrogen-bond donors (Lipinski definition) is 3. The van der Waals surface area contributed by atoms with Gasteiger partial charge < -0.3 is 29.6 Å². The van der Waals surface area contributed by atoms with Crippen molar-refractivity contribution in [3.05, 3.63) is 36.7 Å². The van der Waals surface area contributed by atoms with Crippen molar-refractivity contribution >= 4 is 30.8 Å². The second-order valence-corrected chi connectivity index (χ2v) is 11.7. The smallest absolute Gasteiger partial charge is 0.459 e. The number of carbonyl (C=O) groups is 1. The molecule has 0 spiro atoms. The largest absolute Gasteiger partial charge is 0.479 e. The molecule has 6 atom stereocenters. The quantitative estimate of drug-likeness (QED) is 0.201. The zero-order chi connectivity index (χ0) is 30.7. The van der Waals surface area contributed by atoms with E-state index in [1.165, 1.54) is 24.9 Å². The molecule has 0 amide bonds. The van der Waals surface area contributed by atoms with E-state index in [4.69, 9.17) is 29.0 Å². The molecule has 2 aromatic heterocycles. The number of imidazole rings is 1. The van der Waals surface area contributed by atoms with Gasteiger partial charge in [-0.25, -0.2) is 9.55 Å². The Kier molecular flexibility index (Phi) is 9.34. The van der Waals surface area contributed by atoms with Crippen molar-refractivity contribution in [2.75, 3.05) is 19.5 Å². The number of nitrogen functional groups attached to an aromatic ring is 1. The van der Waals surface area contributed by atoms with Crippen molar-refractivity contribution in [3.63, 3.8) is 0 Å². The number of nitrogens with one attached hydrogen (secondary N) is 1. The van der Waals surface area contributed by atoms with Gasteiger partial charge in [0.25, 0.3) is 0 Å². The number of benzene rings is 1. The van der Waals surface area contributed by atoms with Crippen LogP contribution in [0, 0.1) is 16.7 Å². The van der Waals surface area contributed by atoms with Crippen molar-refractivity contribution in [3.8, 4) is 17.7 Å². The Morgan fingerprint density at radius 1 is 1.33 bits per heavy atom. The molecule has 2 unspecified atom stereocenters. The van der Waals surface area contributed by atoms with E-state index in [-0.39, 0.29) is 35.2 Å². The molecule has 16 heteroatoms. The van der Waals surface area contributed by atoms with Crippen LogP contribution in [0.5, 0.6) is 11.6 Å². The predicted octanol–water partition coefficient (Wildman–Crippen LogP) is 2.73. The van der Waals surface area contributed by atoms with Crippen LogP contribution in [0.15, 0.2) is 36.7 Å². The minimum atomic E-state index is -4.27. The van der Waals surface area contributed by atoms with Gasteiger partial charge >= 0.3 is 13.7 Å². The summed E-state index contributed by atoms with van der Waals surface area (Å²) < 4.78 is 43.5.